The van der Waals surface area contributed by atoms with E-state index in [4.69, 9.17) is 0 Å². The van der Waals surface area contributed by atoms with Crippen molar-refractivity contribution in [3.8, 4) is 0 Å². The smallest absolute Gasteiger partial charge is 0.234 e. The maximum atomic E-state index is 11.5. The first kappa shape index (κ1) is 11.4. The van der Waals surface area contributed by atoms with Gasteiger partial charge in [-0.3, -0.25) is 9.59 Å². The minimum Gasteiger partial charge on any atom is -0.354 e. The first-order valence-corrected chi connectivity index (χ1v) is 6.03. The van der Waals surface area contributed by atoms with Gasteiger partial charge < -0.3 is 16.0 Å². The van der Waals surface area contributed by atoms with E-state index in [1.54, 1.807) is 0 Å². The second-order valence-electron chi connectivity index (χ2n) is 4.63. The van der Waals surface area contributed by atoms with Crippen LogP contribution in [0.25, 0.3) is 0 Å². The summed E-state index contributed by atoms with van der Waals surface area (Å²) in [4.78, 5) is 22.5. The van der Waals surface area contributed by atoms with Crippen molar-refractivity contribution in [2.24, 2.45) is 0 Å². The van der Waals surface area contributed by atoms with E-state index in [0.717, 1.165) is 0 Å². The number of rotatable bonds is 4. The van der Waals surface area contributed by atoms with Crippen molar-refractivity contribution in [1.29, 1.82) is 0 Å². The topological polar surface area (TPSA) is 70.2 Å². The molecule has 0 aromatic rings. The second kappa shape index (κ2) is 5.30. The van der Waals surface area contributed by atoms with Gasteiger partial charge in [-0.1, -0.05) is 12.8 Å². The third kappa shape index (κ3) is 3.20. The summed E-state index contributed by atoms with van der Waals surface area (Å²) in [6.45, 7) is 0.934. The van der Waals surface area contributed by atoms with Gasteiger partial charge in [0.05, 0.1) is 12.6 Å². The monoisotopic (exact) mass is 225 g/mol. The highest BCUT2D eigenvalue weighted by atomic mass is 16.2. The summed E-state index contributed by atoms with van der Waals surface area (Å²) in [6, 6.07) is 0.486. The summed E-state index contributed by atoms with van der Waals surface area (Å²) >= 11 is 0. The van der Waals surface area contributed by atoms with E-state index < -0.39 is 0 Å². The molecule has 0 aromatic heterocycles. The molecule has 1 saturated heterocycles. The number of carbonyl (C=O) groups is 2. The van der Waals surface area contributed by atoms with Crippen molar-refractivity contribution in [2.75, 3.05) is 13.1 Å². The van der Waals surface area contributed by atoms with Gasteiger partial charge in [0.1, 0.15) is 0 Å². The summed E-state index contributed by atoms with van der Waals surface area (Å²) in [7, 11) is 0. The molecule has 3 N–H and O–H groups in total. The molecule has 16 heavy (non-hydrogen) atoms. The molecule has 2 rings (SSSR count). The predicted octanol–water partition coefficient (Wildman–Crippen LogP) is -0.477. The molecule has 2 aliphatic rings. The van der Waals surface area contributed by atoms with Gasteiger partial charge in [0.2, 0.25) is 11.8 Å². The van der Waals surface area contributed by atoms with Gasteiger partial charge in [-0.2, -0.15) is 0 Å². The molecule has 0 radical (unpaired) electrons. The van der Waals surface area contributed by atoms with Gasteiger partial charge in [0, 0.05) is 19.0 Å². The number of hydrogen-bond donors (Lipinski definition) is 3. The Morgan fingerprint density at radius 1 is 1.31 bits per heavy atom. The largest absolute Gasteiger partial charge is 0.354 e. The van der Waals surface area contributed by atoms with E-state index in [-0.39, 0.29) is 17.9 Å². The highest BCUT2D eigenvalue weighted by Gasteiger charge is 2.23. The minimum absolute atomic E-state index is 0.00611. The Bertz CT molecular complexity index is 274. The van der Waals surface area contributed by atoms with Crippen LogP contribution in [0, 0.1) is 0 Å². The minimum atomic E-state index is -0.0228. The lowest BCUT2D eigenvalue weighted by Gasteiger charge is -2.14. The van der Waals surface area contributed by atoms with Crippen molar-refractivity contribution in [1.82, 2.24) is 16.0 Å². The van der Waals surface area contributed by atoms with Crippen molar-refractivity contribution in [2.45, 2.75) is 44.2 Å². The molecule has 5 heteroatoms. The average Bonchev–Trinajstić information content (AvgIpc) is 2.87. The molecular formula is C11H19N3O2. The molecule has 1 unspecified atom stereocenters. The molecule has 1 aliphatic heterocycles. The summed E-state index contributed by atoms with van der Waals surface area (Å²) in [5.41, 5.74) is 0. The zero-order chi connectivity index (χ0) is 11.4. The zero-order valence-electron chi connectivity index (χ0n) is 9.42. The third-order valence-corrected chi connectivity index (χ3v) is 3.25. The SMILES string of the molecule is O=C1CC(NC(=O)CNC2CCCC2)CN1. The molecule has 1 saturated carbocycles. The molecule has 1 atom stereocenters. The number of amides is 2. The van der Waals surface area contributed by atoms with Crippen molar-refractivity contribution in [3.63, 3.8) is 0 Å². The quantitative estimate of drug-likeness (QED) is 0.605. The Morgan fingerprint density at radius 3 is 2.69 bits per heavy atom. The maximum absolute atomic E-state index is 11.5. The molecule has 1 aliphatic carbocycles. The van der Waals surface area contributed by atoms with Crippen LogP contribution >= 0.6 is 0 Å². The van der Waals surface area contributed by atoms with E-state index in [1.165, 1.54) is 25.7 Å². The van der Waals surface area contributed by atoms with E-state index in [2.05, 4.69) is 16.0 Å². The molecule has 2 amide bonds. The van der Waals surface area contributed by atoms with Crippen LogP contribution < -0.4 is 16.0 Å². The Morgan fingerprint density at radius 2 is 2.06 bits per heavy atom. The van der Waals surface area contributed by atoms with Crippen LogP contribution in [0.2, 0.25) is 0 Å². The van der Waals surface area contributed by atoms with Gasteiger partial charge in [-0.15, -0.1) is 0 Å². The van der Waals surface area contributed by atoms with Gasteiger partial charge in [0.25, 0.3) is 0 Å². The Balaban J connectivity index is 1.62. The van der Waals surface area contributed by atoms with E-state index in [0.29, 0.717) is 25.6 Å². The van der Waals surface area contributed by atoms with E-state index in [1.807, 2.05) is 0 Å². The summed E-state index contributed by atoms with van der Waals surface area (Å²) in [5.74, 6) is 0.0162. The molecule has 0 spiro atoms. The molecule has 0 bridgehead atoms. The van der Waals surface area contributed by atoms with Crippen molar-refractivity contribution < 1.29 is 9.59 Å². The zero-order valence-corrected chi connectivity index (χ0v) is 9.42. The second-order valence-corrected chi connectivity index (χ2v) is 4.63. The molecular weight excluding hydrogens is 206 g/mol. The lowest BCUT2D eigenvalue weighted by molar-refractivity contribution is -0.121. The molecule has 90 valence electrons. The fourth-order valence-electron chi connectivity index (χ4n) is 2.35. The van der Waals surface area contributed by atoms with Crippen molar-refractivity contribution >= 4 is 11.8 Å². The Hall–Kier alpha value is -1.10. The first-order chi connectivity index (χ1) is 7.74. The van der Waals surface area contributed by atoms with Crippen LogP contribution in [0.5, 0.6) is 0 Å². The van der Waals surface area contributed by atoms with Crippen LogP contribution in [0.4, 0.5) is 0 Å². The standard InChI is InChI=1S/C11H19N3O2/c15-10-5-9(6-13-10)14-11(16)7-12-8-3-1-2-4-8/h8-9,12H,1-7H2,(H,13,15)(H,14,16). The number of carbonyl (C=O) groups excluding carboxylic acids is 2. The first-order valence-electron chi connectivity index (χ1n) is 6.03. The van der Waals surface area contributed by atoms with Gasteiger partial charge in [0.15, 0.2) is 0 Å². The number of nitrogens with one attached hydrogen (secondary N) is 3. The highest BCUT2D eigenvalue weighted by Crippen LogP contribution is 2.17. The van der Waals surface area contributed by atoms with Crippen LogP contribution in [-0.4, -0.2) is 37.0 Å². The lowest BCUT2D eigenvalue weighted by Crippen LogP contribution is -2.43. The molecule has 0 aromatic carbocycles. The van der Waals surface area contributed by atoms with Gasteiger partial charge >= 0.3 is 0 Å². The molecule has 1 heterocycles. The Kier molecular flexibility index (Phi) is 3.77. The molecule has 2 fully saturated rings. The van der Waals surface area contributed by atoms with Crippen molar-refractivity contribution in [3.05, 3.63) is 0 Å². The fourth-order valence-corrected chi connectivity index (χ4v) is 2.35. The van der Waals surface area contributed by atoms with E-state index >= 15 is 0 Å². The predicted molar refractivity (Wildman–Crippen MR) is 59.8 cm³/mol. The summed E-state index contributed by atoms with van der Waals surface area (Å²) in [6.07, 6.45) is 5.29. The lowest BCUT2D eigenvalue weighted by atomic mass is 10.2. The van der Waals surface area contributed by atoms with Crippen LogP contribution in [0.1, 0.15) is 32.1 Å². The summed E-state index contributed by atoms with van der Waals surface area (Å²) < 4.78 is 0. The van der Waals surface area contributed by atoms with Gasteiger partial charge in [-0.25, -0.2) is 0 Å². The molecule has 5 nitrogen and oxygen atoms in total. The van der Waals surface area contributed by atoms with Gasteiger partial charge in [-0.05, 0) is 12.8 Å². The van der Waals surface area contributed by atoms with E-state index in [9.17, 15) is 9.59 Å². The van der Waals surface area contributed by atoms with Crippen LogP contribution in [0.3, 0.4) is 0 Å². The average molecular weight is 225 g/mol. The van der Waals surface area contributed by atoms with Crippen LogP contribution in [0.15, 0.2) is 0 Å². The highest BCUT2D eigenvalue weighted by molar-refractivity contribution is 5.82. The normalized spacial score (nSPS) is 25.8. The summed E-state index contributed by atoms with van der Waals surface area (Å²) in [5, 5.41) is 8.80. The third-order valence-electron chi connectivity index (χ3n) is 3.25. The fraction of sp³-hybridized carbons (Fsp3) is 0.818. The number of hydrogen-bond acceptors (Lipinski definition) is 3. The Labute approximate surface area is 95.3 Å². The van der Waals surface area contributed by atoms with Crippen LogP contribution in [-0.2, 0) is 9.59 Å². The maximum Gasteiger partial charge on any atom is 0.234 e.